The van der Waals surface area contributed by atoms with E-state index in [1.165, 1.54) is 11.6 Å². The molecule has 0 radical (unpaired) electrons. The van der Waals surface area contributed by atoms with Crippen LogP contribution < -0.4 is 11.2 Å². The van der Waals surface area contributed by atoms with Crippen LogP contribution in [0, 0.1) is 0 Å². The maximum Gasteiger partial charge on any atom is 0.332 e. The molecular weight excluding hydrogens is 324 g/mol. The summed E-state index contributed by atoms with van der Waals surface area (Å²) < 4.78 is 3.38. The van der Waals surface area contributed by atoms with Gasteiger partial charge in [0.15, 0.2) is 5.65 Å². The topological polar surface area (TPSA) is 72.7 Å². The second kappa shape index (κ2) is 4.45. The van der Waals surface area contributed by atoms with E-state index >= 15 is 0 Å². The normalized spacial score (nSPS) is 11.2. The maximum absolute atomic E-state index is 12.1. The van der Waals surface area contributed by atoms with E-state index in [4.69, 9.17) is 0 Å². The quantitative estimate of drug-likeness (QED) is 0.730. The van der Waals surface area contributed by atoms with Gasteiger partial charge in [-0.3, -0.25) is 13.9 Å². The minimum absolute atomic E-state index is 0.326. The van der Waals surface area contributed by atoms with Gasteiger partial charge in [-0.15, -0.1) is 0 Å². The lowest BCUT2D eigenvalue weighted by molar-refractivity contribution is 0.709. The summed E-state index contributed by atoms with van der Waals surface area (Å²) in [6.45, 7) is 0. The third kappa shape index (κ3) is 1.82. The van der Waals surface area contributed by atoms with Crippen molar-refractivity contribution in [1.82, 2.24) is 19.1 Å². The predicted molar refractivity (Wildman–Crippen MR) is 79.7 cm³/mol. The molecule has 3 rings (SSSR count). The smallest absolute Gasteiger partial charge is 0.332 e. The molecule has 0 amide bonds. The lowest BCUT2D eigenvalue weighted by atomic mass is 10.2. The fourth-order valence-electron chi connectivity index (χ4n) is 2.07. The number of hydrogen-bond donors (Lipinski definition) is 1. The predicted octanol–water partition coefficient (Wildman–Crippen LogP) is 1.39. The summed E-state index contributed by atoms with van der Waals surface area (Å²) >= 11 is 3.37. The average molecular weight is 335 g/mol. The van der Waals surface area contributed by atoms with Gasteiger partial charge >= 0.3 is 5.69 Å². The van der Waals surface area contributed by atoms with E-state index in [0.717, 1.165) is 14.6 Å². The zero-order valence-electron chi connectivity index (χ0n) is 10.8. The molecule has 0 aliphatic carbocycles. The molecule has 0 saturated carbocycles. The highest BCUT2D eigenvalue weighted by Gasteiger charge is 2.14. The Morgan fingerprint density at radius 1 is 1.10 bits per heavy atom. The number of rotatable bonds is 1. The Kier molecular flexibility index (Phi) is 2.86. The second-order valence-corrected chi connectivity index (χ2v) is 5.41. The number of halogens is 1. The first-order valence-electron chi connectivity index (χ1n) is 5.90. The molecule has 7 heteroatoms. The summed E-state index contributed by atoms with van der Waals surface area (Å²) in [7, 11) is 3.04. The first-order chi connectivity index (χ1) is 9.49. The molecule has 2 heterocycles. The van der Waals surface area contributed by atoms with Gasteiger partial charge in [0.2, 0.25) is 0 Å². The Morgan fingerprint density at radius 3 is 2.40 bits per heavy atom. The summed E-state index contributed by atoms with van der Waals surface area (Å²) in [4.78, 5) is 31.3. The molecule has 1 N–H and O–H groups in total. The van der Waals surface area contributed by atoms with Crippen LogP contribution in [0.5, 0.6) is 0 Å². The lowest BCUT2D eigenvalue weighted by Gasteiger charge is -2.00. The first-order valence-corrected chi connectivity index (χ1v) is 6.70. The van der Waals surface area contributed by atoms with Crippen LogP contribution in [0.25, 0.3) is 22.6 Å². The molecule has 0 unspecified atom stereocenters. The van der Waals surface area contributed by atoms with Gasteiger partial charge in [-0.1, -0.05) is 28.1 Å². The van der Waals surface area contributed by atoms with Crippen molar-refractivity contribution < 1.29 is 0 Å². The van der Waals surface area contributed by atoms with Gasteiger partial charge in [-0.25, -0.2) is 9.78 Å². The summed E-state index contributed by atoms with van der Waals surface area (Å²) in [5, 5.41) is 0. The largest absolute Gasteiger partial charge is 0.332 e. The Bertz CT molecular complexity index is 918. The SMILES string of the molecule is Cn1c(=O)c2[nH]c(-c3ccc(Br)cc3)nc2n(C)c1=O. The highest BCUT2D eigenvalue weighted by Crippen LogP contribution is 2.20. The number of H-pyrrole nitrogens is 1. The maximum atomic E-state index is 12.1. The molecule has 0 aliphatic rings. The van der Waals surface area contributed by atoms with E-state index in [-0.39, 0.29) is 5.56 Å². The van der Waals surface area contributed by atoms with Crippen molar-refractivity contribution in [3.8, 4) is 11.4 Å². The number of hydrogen-bond acceptors (Lipinski definition) is 3. The van der Waals surface area contributed by atoms with Crippen LogP contribution >= 0.6 is 15.9 Å². The summed E-state index contributed by atoms with van der Waals surface area (Å²) in [5.41, 5.74) is 0.762. The van der Waals surface area contributed by atoms with Gasteiger partial charge in [0.05, 0.1) is 0 Å². The van der Waals surface area contributed by atoms with Crippen molar-refractivity contribution >= 4 is 27.1 Å². The summed E-state index contributed by atoms with van der Waals surface area (Å²) in [6.07, 6.45) is 0. The van der Waals surface area contributed by atoms with Crippen LogP contribution in [-0.2, 0) is 14.1 Å². The fourth-order valence-corrected chi connectivity index (χ4v) is 2.33. The zero-order valence-corrected chi connectivity index (χ0v) is 12.4. The number of fused-ring (bicyclic) bond motifs is 1. The number of benzene rings is 1. The Morgan fingerprint density at radius 2 is 1.75 bits per heavy atom. The van der Waals surface area contributed by atoms with E-state index in [1.54, 1.807) is 7.05 Å². The van der Waals surface area contributed by atoms with Crippen LogP contribution in [0.15, 0.2) is 38.3 Å². The highest BCUT2D eigenvalue weighted by atomic mass is 79.9. The molecule has 0 fully saturated rings. The third-order valence-electron chi connectivity index (χ3n) is 3.21. The second-order valence-electron chi connectivity index (χ2n) is 4.50. The fraction of sp³-hybridized carbons (Fsp3) is 0.154. The first kappa shape index (κ1) is 12.9. The molecule has 2 aromatic heterocycles. The van der Waals surface area contributed by atoms with E-state index in [9.17, 15) is 9.59 Å². The Balaban J connectivity index is 2.34. The molecule has 20 heavy (non-hydrogen) atoms. The molecule has 3 aromatic rings. The van der Waals surface area contributed by atoms with E-state index < -0.39 is 5.69 Å². The van der Waals surface area contributed by atoms with Gasteiger partial charge < -0.3 is 4.98 Å². The molecule has 0 atom stereocenters. The molecule has 0 spiro atoms. The molecule has 102 valence electrons. The summed E-state index contributed by atoms with van der Waals surface area (Å²) in [6, 6.07) is 7.54. The van der Waals surface area contributed by atoms with Crippen molar-refractivity contribution in [3.05, 3.63) is 49.6 Å². The molecule has 0 saturated heterocycles. The van der Waals surface area contributed by atoms with E-state index in [2.05, 4.69) is 25.9 Å². The van der Waals surface area contributed by atoms with Crippen LogP contribution in [0.1, 0.15) is 0 Å². The Hall–Kier alpha value is -2.15. The molecular formula is C13H11BrN4O2. The van der Waals surface area contributed by atoms with E-state index in [0.29, 0.717) is 17.0 Å². The number of aromatic nitrogens is 4. The number of aryl methyl sites for hydroxylation is 1. The average Bonchev–Trinajstić information content (AvgIpc) is 2.89. The monoisotopic (exact) mass is 334 g/mol. The van der Waals surface area contributed by atoms with Crippen molar-refractivity contribution in [3.63, 3.8) is 0 Å². The van der Waals surface area contributed by atoms with Crippen molar-refractivity contribution in [1.29, 1.82) is 0 Å². The van der Waals surface area contributed by atoms with Gasteiger partial charge in [0, 0.05) is 24.1 Å². The van der Waals surface area contributed by atoms with Gasteiger partial charge in [-0.2, -0.15) is 0 Å². The number of nitrogens with zero attached hydrogens (tertiary/aromatic N) is 3. The number of nitrogens with one attached hydrogen (secondary N) is 1. The van der Waals surface area contributed by atoms with Gasteiger partial charge in [0.1, 0.15) is 11.3 Å². The van der Waals surface area contributed by atoms with Gasteiger partial charge in [-0.05, 0) is 12.1 Å². The molecule has 1 aromatic carbocycles. The van der Waals surface area contributed by atoms with Crippen LogP contribution in [0.3, 0.4) is 0 Å². The van der Waals surface area contributed by atoms with Crippen molar-refractivity contribution in [2.75, 3.05) is 0 Å². The molecule has 6 nitrogen and oxygen atoms in total. The zero-order chi connectivity index (χ0) is 14.4. The molecule has 0 bridgehead atoms. The van der Waals surface area contributed by atoms with Crippen molar-refractivity contribution in [2.24, 2.45) is 14.1 Å². The van der Waals surface area contributed by atoms with Crippen molar-refractivity contribution in [2.45, 2.75) is 0 Å². The van der Waals surface area contributed by atoms with E-state index in [1.807, 2.05) is 24.3 Å². The minimum atomic E-state index is -0.392. The highest BCUT2D eigenvalue weighted by molar-refractivity contribution is 9.10. The number of aromatic amines is 1. The van der Waals surface area contributed by atoms with Crippen LogP contribution in [0.4, 0.5) is 0 Å². The third-order valence-corrected chi connectivity index (χ3v) is 3.74. The summed E-state index contributed by atoms with van der Waals surface area (Å²) in [5.74, 6) is 0.561. The Labute approximate surface area is 121 Å². The standard InChI is InChI=1S/C13H11BrN4O2/c1-17-11-9(12(19)18(2)13(17)20)15-10(16-11)7-3-5-8(14)6-4-7/h3-6H,1-2H3,(H,15,16). The van der Waals surface area contributed by atoms with Crippen LogP contribution in [-0.4, -0.2) is 19.1 Å². The number of imidazole rings is 1. The molecule has 0 aliphatic heterocycles. The van der Waals surface area contributed by atoms with Gasteiger partial charge in [0.25, 0.3) is 5.56 Å². The lowest BCUT2D eigenvalue weighted by Crippen LogP contribution is -2.36. The minimum Gasteiger partial charge on any atom is -0.332 e. The van der Waals surface area contributed by atoms with Crippen LogP contribution in [0.2, 0.25) is 0 Å².